The van der Waals surface area contributed by atoms with Gasteiger partial charge in [0, 0.05) is 23.1 Å². The molecule has 0 spiro atoms. The van der Waals surface area contributed by atoms with Crippen LogP contribution < -0.4 is 15.4 Å². The van der Waals surface area contributed by atoms with Gasteiger partial charge in [0.25, 0.3) is 5.91 Å². The lowest BCUT2D eigenvalue weighted by Gasteiger charge is -2.46. The number of nitrogens with one attached hydrogen (secondary N) is 3. The molecule has 3 aliphatic rings. The molecule has 1 fully saturated rings. The normalized spacial score (nSPS) is 23.8. The highest BCUT2D eigenvalue weighted by Gasteiger charge is 2.43. The van der Waals surface area contributed by atoms with Gasteiger partial charge in [0.05, 0.1) is 18.5 Å². The van der Waals surface area contributed by atoms with E-state index in [1.807, 2.05) is 56.3 Å². The smallest absolute Gasteiger partial charge is 0.251 e. The molecule has 0 radical (unpaired) electrons. The molecule has 0 aromatic heterocycles. The largest absolute Gasteiger partial charge is 0.487 e. The third-order valence-corrected chi connectivity index (χ3v) is 8.42. The summed E-state index contributed by atoms with van der Waals surface area (Å²) in [6.07, 6.45) is 5.28. The predicted octanol–water partition coefficient (Wildman–Crippen LogP) is 5.41. The van der Waals surface area contributed by atoms with Crippen molar-refractivity contribution in [2.45, 2.75) is 95.9 Å². The maximum absolute atomic E-state index is 13.5. The maximum atomic E-state index is 13.5. The number of hydrogen-bond donors (Lipinski definition) is 3. The predicted molar refractivity (Wildman–Crippen MR) is 144 cm³/mol. The van der Waals surface area contributed by atoms with Gasteiger partial charge in [-0.2, -0.15) is 0 Å². The number of aryl methyl sites for hydroxylation is 1. The third kappa shape index (κ3) is 4.72. The second kappa shape index (κ2) is 9.51. The average Bonchev–Trinajstić information content (AvgIpc) is 2.87. The number of amides is 2. The molecule has 2 atom stereocenters. The van der Waals surface area contributed by atoms with Crippen molar-refractivity contribution in [2.75, 3.05) is 0 Å². The first-order chi connectivity index (χ1) is 17.6. The van der Waals surface area contributed by atoms with E-state index in [2.05, 4.69) is 24.5 Å². The molecule has 2 aromatic carbocycles. The lowest BCUT2D eigenvalue weighted by Crippen LogP contribution is -2.62. The van der Waals surface area contributed by atoms with Crippen LogP contribution in [0.4, 0.5) is 0 Å². The zero-order valence-corrected chi connectivity index (χ0v) is 22.3. The number of fused-ring (bicyclic) bond motifs is 2. The van der Waals surface area contributed by atoms with Crippen LogP contribution in [0.15, 0.2) is 42.5 Å². The van der Waals surface area contributed by atoms with Gasteiger partial charge in [-0.15, -0.1) is 0 Å². The quantitative estimate of drug-likeness (QED) is 0.509. The van der Waals surface area contributed by atoms with Crippen LogP contribution in [-0.2, 0) is 11.2 Å². The van der Waals surface area contributed by atoms with E-state index < -0.39 is 0 Å². The van der Waals surface area contributed by atoms with Crippen molar-refractivity contribution < 1.29 is 14.3 Å². The minimum atomic E-state index is -0.387. The van der Waals surface area contributed by atoms with Gasteiger partial charge >= 0.3 is 0 Å². The Morgan fingerprint density at radius 1 is 1.16 bits per heavy atom. The number of para-hydroxylation sites is 1. The fourth-order valence-corrected chi connectivity index (χ4v) is 6.22. The number of hydrogen-bond acceptors (Lipinski definition) is 4. The number of benzene rings is 2. The Morgan fingerprint density at radius 3 is 2.65 bits per heavy atom. The molecule has 0 unspecified atom stereocenters. The van der Waals surface area contributed by atoms with Gasteiger partial charge in [0.2, 0.25) is 5.91 Å². The van der Waals surface area contributed by atoms with Gasteiger partial charge in [-0.25, -0.2) is 0 Å². The molecule has 3 N–H and O–H groups in total. The van der Waals surface area contributed by atoms with Crippen LogP contribution >= 0.6 is 0 Å². The van der Waals surface area contributed by atoms with Crippen molar-refractivity contribution in [3.63, 3.8) is 0 Å². The second-order valence-corrected chi connectivity index (χ2v) is 11.4. The molecular formula is C30H38N4O3. The van der Waals surface area contributed by atoms with Crippen LogP contribution in [0.2, 0.25) is 0 Å². The van der Waals surface area contributed by atoms with Crippen LogP contribution in [0.3, 0.4) is 0 Å². The summed E-state index contributed by atoms with van der Waals surface area (Å²) in [5.74, 6) is 0.827. The first-order valence-corrected chi connectivity index (χ1v) is 13.6. The van der Waals surface area contributed by atoms with E-state index in [1.165, 1.54) is 0 Å². The number of carbonyl (C=O) groups is 2. The Hall–Kier alpha value is -3.35. The fourth-order valence-electron chi connectivity index (χ4n) is 6.22. The van der Waals surface area contributed by atoms with Crippen molar-refractivity contribution >= 4 is 17.8 Å². The van der Waals surface area contributed by atoms with Crippen molar-refractivity contribution in [1.29, 1.82) is 5.41 Å². The molecule has 7 heteroatoms. The topological polar surface area (TPSA) is 94.5 Å². The molecule has 2 amide bonds. The number of nitrogens with zero attached hydrogens (tertiary/aromatic N) is 1. The van der Waals surface area contributed by atoms with E-state index >= 15 is 0 Å². The molecule has 2 heterocycles. The van der Waals surface area contributed by atoms with Crippen LogP contribution in [0.1, 0.15) is 105 Å². The van der Waals surface area contributed by atoms with Crippen molar-refractivity contribution in [2.24, 2.45) is 0 Å². The molecule has 7 nitrogen and oxygen atoms in total. The molecule has 1 saturated heterocycles. The van der Waals surface area contributed by atoms with Gasteiger partial charge in [0.15, 0.2) is 5.96 Å². The van der Waals surface area contributed by atoms with Gasteiger partial charge in [-0.3, -0.25) is 19.9 Å². The monoisotopic (exact) mass is 502 g/mol. The summed E-state index contributed by atoms with van der Waals surface area (Å²) >= 11 is 0. The summed E-state index contributed by atoms with van der Waals surface area (Å²) in [5.41, 5.74) is 2.95. The minimum absolute atomic E-state index is 0.0128. The molecule has 0 saturated carbocycles. The molecule has 5 rings (SSSR count). The number of guanidine groups is 1. The van der Waals surface area contributed by atoms with E-state index in [0.29, 0.717) is 18.4 Å². The summed E-state index contributed by atoms with van der Waals surface area (Å²) in [6, 6.07) is 13.3. The van der Waals surface area contributed by atoms with E-state index in [0.717, 1.165) is 54.5 Å². The van der Waals surface area contributed by atoms with Gasteiger partial charge in [-0.1, -0.05) is 38.1 Å². The van der Waals surface area contributed by atoms with Gasteiger partial charge in [0.1, 0.15) is 11.4 Å². The zero-order valence-electron chi connectivity index (χ0n) is 22.3. The summed E-state index contributed by atoms with van der Waals surface area (Å²) < 4.78 is 6.13. The van der Waals surface area contributed by atoms with E-state index in [-0.39, 0.29) is 41.0 Å². The Morgan fingerprint density at radius 2 is 1.92 bits per heavy atom. The molecule has 1 aliphatic carbocycles. The minimum Gasteiger partial charge on any atom is -0.487 e. The number of rotatable bonds is 5. The Kier molecular flexibility index (Phi) is 6.50. The van der Waals surface area contributed by atoms with E-state index in [9.17, 15) is 9.59 Å². The van der Waals surface area contributed by atoms with Crippen molar-refractivity contribution in [1.82, 2.24) is 15.5 Å². The SMILES string of the molecule is CCC1(CC)CC(=O)N([C@@H]2CCCc3ccc(C(=O)N[C@H]4CC(C)(C)Oc5ccccc54)cc32)C(=N)N1. The first kappa shape index (κ1) is 25.3. The lowest BCUT2D eigenvalue weighted by molar-refractivity contribution is -0.133. The van der Waals surface area contributed by atoms with Crippen LogP contribution in [0.5, 0.6) is 5.75 Å². The Labute approximate surface area is 219 Å². The lowest BCUT2D eigenvalue weighted by atomic mass is 9.82. The number of ether oxygens (including phenoxy) is 1. The van der Waals surface area contributed by atoms with Crippen LogP contribution in [-0.4, -0.2) is 33.8 Å². The highest BCUT2D eigenvalue weighted by Crippen LogP contribution is 2.40. The van der Waals surface area contributed by atoms with Gasteiger partial charge < -0.3 is 15.4 Å². The summed E-state index contributed by atoms with van der Waals surface area (Å²) in [5, 5.41) is 15.3. The van der Waals surface area contributed by atoms with E-state index in [1.54, 1.807) is 4.90 Å². The second-order valence-electron chi connectivity index (χ2n) is 11.4. The standard InChI is InChI=1S/C30H38N4O3/c1-5-30(6-2)18-26(35)34(28(31)33-30)24-12-9-10-19-14-15-20(16-22(19)24)27(36)32-23-17-29(3,4)37-25-13-8-7-11-21(23)25/h7-8,11,13-16,23-24H,5-6,9-10,12,17-18H2,1-4H3,(H2,31,33)(H,32,36)/t23-,24+/m0/s1. The van der Waals surface area contributed by atoms with Crippen molar-refractivity contribution in [3.8, 4) is 5.75 Å². The maximum Gasteiger partial charge on any atom is 0.251 e. The third-order valence-electron chi connectivity index (χ3n) is 8.42. The molecule has 2 aromatic rings. The van der Waals surface area contributed by atoms with Gasteiger partial charge in [-0.05, 0) is 75.3 Å². The highest BCUT2D eigenvalue weighted by molar-refractivity contribution is 6.00. The van der Waals surface area contributed by atoms with Crippen LogP contribution in [0, 0.1) is 5.41 Å². The summed E-state index contributed by atoms with van der Waals surface area (Å²) in [4.78, 5) is 28.5. The van der Waals surface area contributed by atoms with E-state index in [4.69, 9.17) is 10.1 Å². The summed E-state index contributed by atoms with van der Waals surface area (Å²) in [7, 11) is 0. The molecule has 0 bridgehead atoms. The van der Waals surface area contributed by atoms with Crippen molar-refractivity contribution in [3.05, 3.63) is 64.7 Å². The first-order valence-electron chi connectivity index (χ1n) is 13.6. The fraction of sp³-hybridized carbons (Fsp3) is 0.500. The Bertz CT molecular complexity index is 1210. The molecule has 2 aliphatic heterocycles. The molecular weight excluding hydrogens is 464 g/mol. The summed E-state index contributed by atoms with van der Waals surface area (Å²) in [6.45, 7) is 8.20. The average molecular weight is 503 g/mol. The molecule has 196 valence electrons. The van der Waals surface area contributed by atoms with Crippen LogP contribution in [0.25, 0.3) is 0 Å². The highest BCUT2D eigenvalue weighted by atomic mass is 16.5. The number of carbonyl (C=O) groups excluding carboxylic acids is 2. The Balaban J connectivity index is 1.41. The zero-order chi connectivity index (χ0) is 26.4. The molecule has 37 heavy (non-hydrogen) atoms.